The van der Waals surface area contributed by atoms with E-state index in [0.717, 1.165) is 8.95 Å². The van der Waals surface area contributed by atoms with Crippen LogP contribution in [0.1, 0.15) is 0 Å². The van der Waals surface area contributed by atoms with Crippen molar-refractivity contribution in [3.05, 3.63) is 130 Å². The largest absolute Gasteiger partial charge is 0.0616 e. The molecule has 0 radical (unpaired) electrons. The molecule has 0 aromatic heterocycles. The number of hydrogen-bond acceptors (Lipinski definition) is 0. The highest BCUT2D eigenvalue weighted by molar-refractivity contribution is 9.11. The van der Waals surface area contributed by atoms with E-state index in [1.807, 2.05) is 0 Å². The molecule has 170 valence electrons. The zero-order valence-electron chi connectivity index (χ0n) is 19.3. The van der Waals surface area contributed by atoms with Gasteiger partial charge in [0.2, 0.25) is 0 Å². The van der Waals surface area contributed by atoms with Gasteiger partial charge in [-0.1, -0.05) is 129 Å². The van der Waals surface area contributed by atoms with Gasteiger partial charge in [0.15, 0.2) is 0 Å². The van der Waals surface area contributed by atoms with Crippen LogP contribution in [0.4, 0.5) is 0 Å². The summed E-state index contributed by atoms with van der Waals surface area (Å²) in [6.45, 7) is 0. The van der Waals surface area contributed by atoms with E-state index in [4.69, 9.17) is 0 Å². The van der Waals surface area contributed by atoms with E-state index in [9.17, 15) is 0 Å². The Bertz CT molecular complexity index is 1720. The molecule has 7 rings (SSSR count). The number of rotatable bonds is 2. The van der Waals surface area contributed by atoms with Crippen LogP contribution in [0.25, 0.3) is 65.3 Å². The van der Waals surface area contributed by atoms with Crippen LogP contribution in [0.15, 0.2) is 130 Å². The Morgan fingerprint density at radius 3 is 0.889 bits per heavy atom. The van der Waals surface area contributed by atoms with E-state index in [1.165, 1.54) is 65.3 Å². The second kappa shape index (κ2) is 8.58. The minimum absolute atomic E-state index is 1.08. The summed E-state index contributed by atoms with van der Waals surface area (Å²) in [4.78, 5) is 0. The molecule has 0 saturated heterocycles. The third kappa shape index (κ3) is 3.32. The topological polar surface area (TPSA) is 0 Å². The van der Waals surface area contributed by atoms with E-state index in [1.54, 1.807) is 0 Å². The van der Waals surface area contributed by atoms with Crippen molar-refractivity contribution in [2.24, 2.45) is 0 Å². The maximum absolute atomic E-state index is 3.99. The zero-order valence-corrected chi connectivity index (χ0v) is 22.5. The molecule has 0 aliphatic heterocycles. The van der Waals surface area contributed by atoms with Gasteiger partial charge < -0.3 is 0 Å². The van der Waals surface area contributed by atoms with Crippen LogP contribution in [0.5, 0.6) is 0 Å². The average molecular weight is 588 g/mol. The molecule has 0 unspecified atom stereocenters. The smallest absolute Gasteiger partial charge is 0.0261 e. The van der Waals surface area contributed by atoms with E-state index in [2.05, 4.69) is 153 Å². The van der Waals surface area contributed by atoms with Crippen molar-refractivity contribution in [2.75, 3.05) is 0 Å². The standard InChI is InChI=1S/C34H20Br2/c35-29-17-18-30(36)34(32-27-15-7-3-11-23(27)20-24-12-4-8-16-28(24)32)33(29)31-25-13-5-1-9-21(25)19-22-10-2-6-14-26(22)31/h1-20H. The Labute approximate surface area is 226 Å². The van der Waals surface area contributed by atoms with Gasteiger partial charge in [0.25, 0.3) is 0 Å². The Balaban J connectivity index is 1.74. The lowest BCUT2D eigenvalue weighted by Crippen LogP contribution is -1.94. The van der Waals surface area contributed by atoms with Gasteiger partial charge in [-0.3, -0.25) is 0 Å². The highest BCUT2D eigenvalue weighted by Crippen LogP contribution is 2.50. The minimum Gasteiger partial charge on any atom is -0.0616 e. The molecule has 0 amide bonds. The SMILES string of the molecule is Brc1ccc(Br)c(-c2c3ccccc3cc3ccccc23)c1-c1c2ccccc2cc2ccccc12. The fourth-order valence-corrected chi connectivity index (χ4v) is 6.66. The predicted octanol–water partition coefficient (Wildman–Crippen LogP) is 11.2. The third-order valence-corrected chi connectivity index (χ3v) is 8.47. The van der Waals surface area contributed by atoms with E-state index >= 15 is 0 Å². The maximum atomic E-state index is 3.99. The summed E-state index contributed by atoms with van der Waals surface area (Å²) in [7, 11) is 0. The Morgan fingerprint density at radius 2 is 0.583 bits per heavy atom. The molecule has 0 heterocycles. The summed E-state index contributed by atoms with van der Waals surface area (Å²) in [5.74, 6) is 0. The molecule has 0 aliphatic rings. The first-order valence-electron chi connectivity index (χ1n) is 12.0. The van der Waals surface area contributed by atoms with Gasteiger partial charge >= 0.3 is 0 Å². The van der Waals surface area contributed by atoms with Crippen molar-refractivity contribution in [1.29, 1.82) is 0 Å². The third-order valence-electron chi connectivity index (χ3n) is 7.15. The summed E-state index contributed by atoms with van der Waals surface area (Å²) >= 11 is 7.99. The first kappa shape index (κ1) is 21.8. The Morgan fingerprint density at radius 1 is 0.306 bits per heavy atom. The highest BCUT2D eigenvalue weighted by atomic mass is 79.9. The normalized spacial score (nSPS) is 11.6. The van der Waals surface area contributed by atoms with Crippen molar-refractivity contribution < 1.29 is 0 Å². The van der Waals surface area contributed by atoms with Crippen molar-refractivity contribution in [3.63, 3.8) is 0 Å². The molecule has 0 saturated carbocycles. The molecule has 0 aliphatic carbocycles. The molecule has 7 aromatic carbocycles. The average Bonchev–Trinajstić information content (AvgIpc) is 2.92. The van der Waals surface area contributed by atoms with Crippen molar-refractivity contribution in [3.8, 4) is 22.3 Å². The number of halogens is 2. The molecule has 0 bridgehead atoms. The fourth-order valence-electron chi connectivity index (χ4n) is 5.61. The lowest BCUT2D eigenvalue weighted by Gasteiger charge is -2.21. The molecular formula is C34H20Br2. The van der Waals surface area contributed by atoms with Gasteiger partial charge in [-0.05, 0) is 78.5 Å². The molecule has 0 nitrogen and oxygen atoms in total. The van der Waals surface area contributed by atoms with Gasteiger partial charge in [0.05, 0.1) is 0 Å². The number of hydrogen-bond donors (Lipinski definition) is 0. The first-order chi connectivity index (χ1) is 17.7. The van der Waals surface area contributed by atoms with Gasteiger partial charge in [0, 0.05) is 20.1 Å². The lowest BCUT2D eigenvalue weighted by atomic mass is 9.84. The van der Waals surface area contributed by atoms with E-state index < -0.39 is 0 Å². The first-order valence-corrected chi connectivity index (χ1v) is 13.6. The van der Waals surface area contributed by atoms with Gasteiger partial charge in [-0.25, -0.2) is 0 Å². The quantitative estimate of drug-likeness (QED) is 0.176. The van der Waals surface area contributed by atoms with Crippen LogP contribution in [0.3, 0.4) is 0 Å². The molecular weight excluding hydrogens is 568 g/mol. The van der Waals surface area contributed by atoms with E-state index in [0.29, 0.717) is 0 Å². The second-order valence-electron chi connectivity index (χ2n) is 9.17. The van der Waals surface area contributed by atoms with Crippen LogP contribution in [0.2, 0.25) is 0 Å². The molecule has 0 atom stereocenters. The minimum atomic E-state index is 1.08. The highest BCUT2D eigenvalue weighted by Gasteiger charge is 2.22. The van der Waals surface area contributed by atoms with Gasteiger partial charge in [0.1, 0.15) is 0 Å². The second-order valence-corrected chi connectivity index (χ2v) is 10.9. The maximum Gasteiger partial charge on any atom is 0.0261 e. The fraction of sp³-hybridized carbons (Fsp3) is 0. The van der Waals surface area contributed by atoms with Gasteiger partial charge in [-0.2, -0.15) is 0 Å². The van der Waals surface area contributed by atoms with Gasteiger partial charge in [-0.15, -0.1) is 0 Å². The Hall–Kier alpha value is -3.46. The van der Waals surface area contributed by atoms with Crippen LogP contribution in [-0.2, 0) is 0 Å². The summed E-state index contributed by atoms with van der Waals surface area (Å²) in [5, 5.41) is 9.97. The molecule has 2 heteroatoms. The number of fused-ring (bicyclic) bond motifs is 4. The summed E-state index contributed by atoms with van der Waals surface area (Å²) in [5.41, 5.74) is 4.92. The molecule has 7 aromatic rings. The molecule has 36 heavy (non-hydrogen) atoms. The van der Waals surface area contributed by atoms with Crippen LogP contribution < -0.4 is 0 Å². The van der Waals surface area contributed by atoms with Crippen LogP contribution >= 0.6 is 31.9 Å². The van der Waals surface area contributed by atoms with Crippen molar-refractivity contribution in [2.45, 2.75) is 0 Å². The zero-order chi connectivity index (χ0) is 24.2. The van der Waals surface area contributed by atoms with Crippen molar-refractivity contribution >= 4 is 74.9 Å². The molecule has 0 spiro atoms. The summed E-state index contributed by atoms with van der Waals surface area (Å²) in [6, 6.07) is 43.8. The molecule has 0 N–H and O–H groups in total. The molecule has 0 fully saturated rings. The number of benzene rings is 7. The predicted molar refractivity (Wildman–Crippen MR) is 163 cm³/mol. The van der Waals surface area contributed by atoms with E-state index in [-0.39, 0.29) is 0 Å². The van der Waals surface area contributed by atoms with Crippen molar-refractivity contribution in [1.82, 2.24) is 0 Å². The summed E-state index contributed by atoms with van der Waals surface area (Å²) in [6.07, 6.45) is 0. The Kier molecular flexibility index (Phi) is 5.20. The van der Waals surface area contributed by atoms with Crippen LogP contribution in [0, 0.1) is 0 Å². The summed E-state index contributed by atoms with van der Waals surface area (Å²) < 4.78 is 2.17. The van der Waals surface area contributed by atoms with Crippen LogP contribution in [-0.4, -0.2) is 0 Å². The lowest BCUT2D eigenvalue weighted by molar-refractivity contribution is 1.58. The monoisotopic (exact) mass is 586 g/mol.